The molecule has 100 valence electrons. The van der Waals surface area contributed by atoms with Crippen LogP contribution >= 0.6 is 0 Å². The topological polar surface area (TPSA) is 89.9 Å². The number of aryl methyl sites for hydroxylation is 1. The summed E-state index contributed by atoms with van der Waals surface area (Å²) >= 11 is 0. The van der Waals surface area contributed by atoms with Crippen LogP contribution in [-0.4, -0.2) is 25.6 Å². The van der Waals surface area contributed by atoms with E-state index in [4.69, 9.17) is 5.11 Å². The van der Waals surface area contributed by atoms with Crippen LogP contribution in [0.4, 0.5) is 0 Å². The van der Waals surface area contributed by atoms with E-state index in [-0.39, 0.29) is 11.3 Å². The molecule has 0 saturated carbocycles. The molecule has 18 heavy (non-hydrogen) atoms. The molecule has 0 aliphatic carbocycles. The van der Waals surface area contributed by atoms with Gasteiger partial charge in [-0.2, -0.15) is 8.42 Å². The van der Waals surface area contributed by atoms with Gasteiger partial charge in [0.2, 0.25) is 0 Å². The zero-order chi connectivity index (χ0) is 13.8. The second-order valence-electron chi connectivity index (χ2n) is 3.84. The van der Waals surface area contributed by atoms with Crippen molar-refractivity contribution < 1.29 is 27.5 Å². The Kier molecular flexibility index (Phi) is 4.83. The van der Waals surface area contributed by atoms with Gasteiger partial charge in [-0.1, -0.05) is 17.7 Å². The predicted molar refractivity (Wildman–Crippen MR) is 61.8 cm³/mol. The van der Waals surface area contributed by atoms with Crippen LogP contribution in [0.1, 0.15) is 18.9 Å². The van der Waals surface area contributed by atoms with Gasteiger partial charge in [0.1, 0.15) is 0 Å². The van der Waals surface area contributed by atoms with Crippen LogP contribution in [0.2, 0.25) is 0 Å². The van der Waals surface area contributed by atoms with Crippen molar-refractivity contribution in [3.8, 4) is 0 Å². The fraction of sp³-hybridized carbons (Fsp3) is 0.364. The van der Waals surface area contributed by atoms with Crippen molar-refractivity contribution in [2.75, 3.05) is 0 Å². The molecule has 0 fully saturated rings. The summed E-state index contributed by atoms with van der Waals surface area (Å²) in [4.78, 5) is 15.0. The fourth-order valence-corrected chi connectivity index (χ4v) is 1.82. The lowest BCUT2D eigenvalue weighted by Gasteiger charge is -2.05. The highest BCUT2D eigenvalue weighted by molar-refractivity contribution is 7.86. The number of aliphatic hydroxyl groups is 1. The lowest BCUT2D eigenvalue weighted by Crippen LogP contribution is -2.16. The molecule has 0 bridgehead atoms. The molecule has 7 heteroatoms. The Morgan fingerprint density at radius 2 is 1.89 bits per heavy atom. The number of hydrogen-bond acceptors (Lipinski definition) is 6. The third-order valence-electron chi connectivity index (χ3n) is 1.99. The zero-order valence-electron chi connectivity index (χ0n) is 9.99. The number of rotatable bonds is 5. The molecule has 0 aromatic heterocycles. The highest BCUT2D eigenvalue weighted by Crippen LogP contribution is 2.13. The molecule has 1 N–H and O–H groups in total. The van der Waals surface area contributed by atoms with Crippen molar-refractivity contribution in [2.24, 2.45) is 0 Å². The minimum Gasteiger partial charge on any atom is -0.393 e. The van der Waals surface area contributed by atoms with Crippen LogP contribution < -0.4 is 0 Å². The monoisotopic (exact) mass is 274 g/mol. The van der Waals surface area contributed by atoms with E-state index in [0.29, 0.717) is 0 Å². The molecule has 0 aliphatic rings. The van der Waals surface area contributed by atoms with Crippen LogP contribution in [0.25, 0.3) is 0 Å². The van der Waals surface area contributed by atoms with E-state index in [1.54, 1.807) is 19.1 Å². The second kappa shape index (κ2) is 5.94. The Hall–Kier alpha value is -1.44. The molecule has 0 aliphatic heterocycles. The van der Waals surface area contributed by atoms with Crippen LogP contribution in [0.15, 0.2) is 29.2 Å². The number of aliphatic hydroxyl groups excluding tert-OH is 1. The van der Waals surface area contributed by atoms with Crippen molar-refractivity contribution in [2.45, 2.75) is 31.3 Å². The molecule has 1 rings (SSSR count). The standard InChI is InChI=1S/C11H14O6S/c1-8-3-5-10(6-4-8)18(14,15)17-16-11(13)7-9(2)12/h3-6,9,12H,7H2,1-2H3. The third kappa shape index (κ3) is 4.44. The maximum atomic E-state index is 11.6. The number of carbonyl (C=O) groups is 1. The molecule has 1 aromatic carbocycles. The molecule has 0 heterocycles. The quantitative estimate of drug-likeness (QED) is 0.634. The van der Waals surface area contributed by atoms with Gasteiger partial charge in [-0.25, -0.2) is 4.79 Å². The molecule has 1 aromatic rings. The first-order chi connectivity index (χ1) is 8.31. The van der Waals surface area contributed by atoms with E-state index >= 15 is 0 Å². The van der Waals surface area contributed by atoms with Crippen molar-refractivity contribution in [1.29, 1.82) is 0 Å². The fourth-order valence-electron chi connectivity index (χ4n) is 1.10. The Bertz CT molecular complexity index is 503. The molecule has 1 atom stereocenters. The SMILES string of the molecule is Cc1ccc(S(=O)(=O)OOC(=O)CC(C)O)cc1. The minimum atomic E-state index is -4.13. The van der Waals surface area contributed by atoms with Crippen molar-refractivity contribution in [1.82, 2.24) is 0 Å². The van der Waals surface area contributed by atoms with Crippen LogP contribution in [0, 0.1) is 6.92 Å². The van der Waals surface area contributed by atoms with Crippen LogP contribution in [0.3, 0.4) is 0 Å². The Morgan fingerprint density at radius 1 is 1.33 bits per heavy atom. The minimum absolute atomic E-state index is 0.113. The van der Waals surface area contributed by atoms with E-state index in [1.165, 1.54) is 19.1 Å². The summed E-state index contributed by atoms with van der Waals surface area (Å²) in [5, 5.41) is 8.89. The number of hydrogen-bond donors (Lipinski definition) is 1. The summed E-state index contributed by atoms with van der Waals surface area (Å²) in [5.74, 6) is -0.958. The first-order valence-electron chi connectivity index (χ1n) is 5.20. The molecule has 0 amide bonds. The van der Waals surface area contributed by atoms with Gasteiger partial charge in [0.15, 0.2) is 0 Å². The molecule has 0 spiro atoms. The van der Waals surface area contributed by atoms with E-state index < -0.39 is 22.2 Å². The molecular formula is C11H14O6S. The van der Waals surface area contributed by atoms with E-state index in [1.807, 2.05) is 0 Å². The highest BCUT2D eigenvalue weighted by atomic mass is 32.2. The van der Waals surface area contributed by atoms with Gasteiger partial charge >= 0.3 is 16.1 Å². The summed E-state index contributed by atoms with van der Waals surface area (Å²) in [6, 6.07) is 5.86. The van der Waals surface area contributed by atoms with Gasteiger partial charge in [-0.05, 0) is 30.3 Å². The Labute approximate surface area is 105 Å². The van der Waals surface area contributed by atoms with Gasteiger partial charge in [-0.15, -0.1) is 0 Å². The van der Waals surface area contributed by atoms with Gasteiger partial charge in [-0.3, -0.25) is 4.89 Å². The first-order valence-corrected chi connectivity index (χ1v) is 6.61. The summed E-state index contributed by atoms with van der Waals surface area (Å²) < 4.78 is 27.3. The summed E-state index contributed by atoms with van der Waals surface area (Å²) in [5.41, 5.74) is 0.889. The van der Waals surface area contributed by atoms with Gasteiger partial charge in [0, 0.05) is 0 Å². The molecular weight excluding hydrogens is 260 g/mol. The Morgan fingerprint density at radius 3 is 2.39 bits per heavy atom. The average Bonchev–Trinajstić information content (AvgIpc) is 2.26. The summed E-state index contributed by atoms with van der Waals surface area (Å²) in [7, 11) is -4.13. The van der Waals surface area contributed by atoms with E-state index in [0.717, 1.165) is 5.56 Å². The number of carbonyl (C=O) groups excluding carboxylic acids is 1. The number of benzene rings is 1. The normalized spacial score (nSPS) is 13.1. The molecule has 0 saturated heterocycles. The maximum absolute atomic E-state index is 11.6. The highest BCUT2D eigenvalue weighted by Gasteiger charge is 2.19. The average molecular weight is 274 g/mol. The van der Waals surface area contributed by atoms with Crippen molar-refractivity contribution in [3.63, 3.8) is 0 Å². The molecule has 0 radical (unpaired) electrons. The van der Waals surface area contributed by atoms with Gasteiger partial charge in [0.05, 0.1) is 17.4 Å². The molecule has 6 nitrogen and oxygen atoms in total. The first kappa shape index (κ1) is 14.6. The molecule has 1 unspecified atom stereocenters. The summed E-state index contributed by atoms with van der Waals surface area (Å²) in [6.07, 6.45) is -1.27. The lowest BCUT2D eigenvalue weighted by molar-refractivity contribution is -0.213. The van der Waals surface area contributed by atoms with Crippen molar-refractivity contribution in [3.05, 3.63) is 29.8 Å². The largest absolute Gasteiger partial charge is 0.393 e. The Balaban J connectivity index is 2.66. The second-order valence-corrected chi connectivity index (χ2v) is 5.36. The van der Waals surface area contributed by atoms with Gasteiger partial charge in [0.25, 0.3) is 0 Å². The van der Waals surface area contributed by atoms with Crippen LogP contribution in [-0.2, 0) is 24.1 Å². The summed E-state index contributed by atoms with van der Waals surface area (Å²) in [6.45, 7) is 3.18. The lowest BCUT2D eigenvalue weighted by atomic mass is 10.2. The smallest absolute Gasteiger partial charge is 0.346 e. The zero-order valence-corrected chi connectivity index (χ0v) is 10.8. The predicted octanol–water partition coefficient (Wildman–Crippen LogP) is 0.929. The van der Waals surface area contributed by atoms with Crippen molar-refractivity contribution >= 4 is 16.1 Å². The van der Waals surface area contributed by atoms with Crippen LogP contribution in [0.5, 0.6) is 0 Å². The van der Waals surface area contributed by atoms with E-state index in [9.17, 15) is 13.2 Å². The maximum Gasteiger partial charge on any atom is 0.346 e. The van der Waals surface area contributed by atoms with Gasteiger partial charge < -0.3 is 5.11 Å². The van der Waals surface area contributed by atoms with E-state index in [2.05, 4.69) is 9.22 Å². The third-order valence-corrected chi connectivity index (χ3v) is 3.08.